The lowest BCUT2D eigenvalue weighted by Crippen LogP contribution is -2.05. The van der Waals surface area contributed by atoms with Gasteiger partial charge in [0, 0.05) is 6.08 Å². The first-order chi connectivity index (χ1) is 9.20. The van der Waals surface area contributed by atoms with E-state index in [0.717, 1.165) is 16.7 Å². The van der Waals surface area contributed by atoms with Crippen LogP contribution in [-0.2, 0) is 4.79 Å². The van der Waals surface area contributed by atoms with E-state index in [0.29, 0.717) is 5.56 Å². The maximum atomic E-state index is 10.7. The lowest BCUT2D eigenvalue weighted by atomic mass is 9.98. The van der Waals surface area contributed by atoms with Crippen LogP contribution in [0.4, 0.5) is 0 Å². The SMILES string of the molecule is N#Cc1ccccc1-c1cccc(/C=C/C(N)=O)c1. The van der Waals surface area contributed by atoms with E-state index in [9.17, 15) is 4.79 Å². The largest absolute Gasteiger partial charge is 0.366 e. The highest BCUT2D eigenvalue weighted by molar-refractivity contribution is 5.90. The lowest BCUT2D eigenvalue weighted by Gasteiger charge is -2.05. The molecule has 0 saturated carbocycles. The molecule has 0 bridgehead atoms. The Bertz CT molecular complexity index is 681. The second kappa shape index (κ2) is 5.65. The Labute approximate surface area is 111 Å². The number of primary amides is 1. The van der Waals surface area contributed by atoms with Crippen molar-refractivity contribution >= 4 is 12.0 Å². The number of benzene rings is 2. The molecule has 2 N–H and O–H groups in total. The van der Waals surface area contributed by atoms with Crippen molar-refractivity contribution in [3.63, 3.8) is 0 Å². The van der Waals surface area contributed by atoms with Crippen molar-refractivity contribution < 1.29 is 4.79 Å². The predicted molar refractivity (Wildman–Crippen MR) is 74.8 cm³/mol. The predicted octanol–water partition coefficient (Wildman–Crippen LogP) is 2.72. The van der Waals surface area contributed by atoms with Gasteiger partial charge in [0.25, 0.3) is 0 Å². The Balaban J connectivity index is 2.44. The molecule has 0 unspecified atom stereocenters. The average molecular weight is 248 g/mol. The number of carbonyl (C=O) groups is 1. The zero-order valence-corrected chi connectivity index (χ0v) is 10.2. The first-order valence-corrected chi connectivity index (χ1v) is 5.78. The molecule has 0 spiro atoms. The minimum atomic E-state index is -0.483. The summed E-state index contributed by atoms with van der Waals surface area (Å²) < 4.78 is 0. The molecule has 19 heavy (non-hydrogen) atoms. The van der Waals surface area contributed by atoms with Crippen LogP contribution in [0.1, 0.15) is 11.1 Å². The van der Waals surface area contributed by atoms with Crippen molar-refractivity contribution in [1.29, 1.82) is 5.26 Å². The Morgan fingerprint density at radius 2 is 1.95 bits per heavy atom. The summed E-state index contributed by atoms with van der Waals surface area (Å²) in [5.41, 5.74) is 8.36. The highest BCUT2D eigenvalue weighted by atomic mass is 16.1. The van der Waals surface area contributed by atoms with Gasteiger partial charge in [0.2, 0.25) is 5.91 Å². The molecule has 0 aliphatic rings. The summed E-state index contributed by atoms with van der Waals surface area (Å²) in [6.07, 6.45) is 2.97. The maximum absolute atomic E-state index is 10.7. The highest BCUT2D eigenvalue weighted by Gasteiger charge is 2.03. The minimum Gasteiger partial charge on any atom is -0.366 e. The maximum Gasteiger partial charge on any atom is 0.241 e. The number of nitrogens with zero attached hydrogens (tertiary/aromatic N) is 1. The second-order valence-corrected chi connectivity index (χ2v) is 4.02. The minimum absolute atomic E-state index is 0.483. The van der Waals surface area contributed by atoms with Gasteiger partial charge in [0.05, 0.1) is 11.6 Å². The van der Waals surface area contributed by atoms with Gasteiger partial charge in [-0.15, -0.1) is 0 Å². The van der Waals surface area contributed by atoms with Crippen molar-refractivity contribution in [3.8, 4) is 17.2 Å². The fourth-order valence-electron chi connectivity index (χ4n) is 1.82. The Morgan fingerprint density at radius 3 is 2.68 bits per heavy atom. The van der Waals surface area contributed by atoms with E-state index >= 15 is 0 Å². The van der Waals surface area contributed by atoms with Gasteiger partial charge in [0.15, 0.2) is 0 Å². The van der Waals surface area contributed by atoms with Gasteiger partial charge in [-0.2, -0.15) is 5.26 Å². The van der Waals surface area contributed by atoms with Crippen LogP contribution in [-0.4, -0.2) is 5.91 Å². The third kappa shape index (κ3) is 3.08. The third-order valence-corrected chi connectivity index (χ3v) is 2.69. The van der Waals surface area contributed by atoms with Crippen molar-refractivity contribution in [2.45, 2.75) is 0 Å². The smallest absolute Gasteiger partial charge is 0.241 e. The van der Waals surface area contributed by atoms with Crippen LogP contribution >= 0.6 is 0 Å². The van der Waals surface area contributed by atoms with E-state index in [4.69, 9.17) is 11.0 Å². The van der Waals surface area contributed by atoms with Crippen molar-refractivity contribution in [3.05, 3.63) is 65.7 Å². The van der Waals surface area contributed by atoms with E-state index in [-0.39, 0.29) is 0 Å². The van der Waals surface area contributed by atoms with E-state index < -0.39 is 5.91 Å². The molecule has 2 aromatic rings. The van der Waals surface area contributed by atoms with Gasteiger partial charge in [0.1, 0.15) is 0 Å². The van der Waals surface area contributed by atoms with Crippen molar-refractivity contribution in [1.82, 2.24) is 0 Å². The number of nitriles is 1. The van der Waals surface area contributed by atoms with Crippen LogP contribution in [0.3, 0.4) is 0 Å². The summed E-state index contributed by atoms with van der Waals surface area (Å²) in [6.45, 7) is 0. The number of carbonyl (C=O) groups excluding carboxylic acids is 1. The molecule has 2 rings (SSSR count). The van der Waals surface area contributed by atoms with Crippen LogP contribution in [0.5, 0.6) is 0 Å². The van der Waals surface area contributed by atoms with Crippen LogP contribution in [0.2, 0.25) is 0 Å². The number of amides is 1. The van der Waals surface area contributed by atoms with Gasteiger partial charge in [-0.1, -0.05) is 36.4 Å². The molecular formula is C16H12N2O. The summed E-state index contributed by atoms with van der Waals surface area (Å²) in [7, 11) is 0. The van der Waals surface area contributed by atoms with E-state index in [1.807, 2.05) is 42.5 Å². The van der Waals surface area contributed by atoms with E-state index in [1.165, 1.54) is 6.08 Å². The number of rotatable bonds is 3. The Morgan fingerprint density at radius 1 is 1.16 bits per heavy atom. The zero-order valence-electron chi connectivity index (χ0n) is 10.2. The molecule has 1 amide bonds. The third-order valence-electron chi connectivity index (χ3n) is 2.69. The molecule has 0 atom stereocenters. The summed E-state index contributed by atoms with van der Waals surface area (Å²) in [4.78, 5) is 10.7. The first-order valence-electron chi connectivity index (χ1n) is 5.78. The quantitative estimate of drug-likeness (QED) is 0.848. The first kappa shape index (κ1) is 12.6. The fraction of sp³-hybridized carbons (Fsp3) is 0. The van der Waals surface area contributed by atoms with Crippen LogP contribution in [0.25, 0.3) is 17.2 Å². The highest BCUT2D eigenvalue weighted by Crippen LogP contribution is 2.24. The molecule has 0 aliphatic carbocycles. The lowest BCUT2D eigenvalue weighted by molar-refractivity contribution is -0.113. The van der Waals surface area contributed by atoms with Crippen molar-refractivity contribution in [2.24, 2.45) is 5.73 Å². The molecule has 0 fully saturated rings. The van der Waals surface area contributed by atoms with Gasteiger partial charge < -0.3 is 5.73 Å². The van der Waals surface area contributed by atoms with Gasteiger partial charge >= 0.3 is 0 Å². The van der Waals surface area contributed by atoms with Crippen LogP contribution in [0.15, 0.2) is 54.6 Å². The fourth-order valence-corrected chi connectivity index (χ4v) is 1.82. The molecule has 3 heteroatoms. The standard InChI is InChI=1S/C16H12N2O/c17-11-14-5-1-2-7-15(14)13-6-3-4-12(10-13)8-9-16(18)19/h1-10H,(H2,18,19)/b9-8+. The second-order valence-electron chi connectivity index (χ2n) is 4.02. The number of hydrogen-bond donors (Lipinski definition) is 1. The Kier molecular flexibility index (Phi) is 3.75. The average Bonchev–Trinajstić information content (AvgIpc) is 2.45. The zero-order chi connectivity index (χ0) is 13.7. The van der Waals surface area contributed by atoms with Crippen LogP contribution in [0, 0.1) is 11.3 Å². The molecule has 0 radical (unpaired) electrons. The van der Waals surface area contributed by atoms with E-state index in [1.54, 1.807) is 12.1 Å². The van der Waals surface area contributed by atoms with Crippen LogP contribution < -0.4 is 5.73 Å². The monoisotopic (exact) mass is 248 g/mol. The van der Waals surface area contributed by atoms with Gasteiger partial charge in [-0.05, 0) is 34.9 Å². The normalized spacial score (nSPS) is 10.3. The topological polar surface area (TPSA) is 66.9 Å². The van der Waals surface area contributed by atoms with E-state index in [2.05, 4.69) is 6.07 Å². The molecule has 0 saturated heterocycles. The number of hydrogen-bond acceptors (Lipinski definition) is 2. The number of nitrogens with two attached hydrogens (primary N) is 1. The van der Waals surface area contributed by atoms with Gasteiger partial charge in [-0.25, -0.2) is 0 Å². The molecule has 2 aromatic carbocycles. The molecule has 3 nitrogen and oxygen atoms in total. The molecule has 0 aliphatic heterocycles. The summed E-state index contributed by atoms with van der Waals surface area (Å²) in [5.74, 6) is -0.483. The molecular weight excluding hydrogens is 236 g/mol. The molecule has 0 heterocycles. The summed E-state index contributed by atoms with van der Waals surface area (Å²) in [6, 6.07) is 17.2. The summed E-state index contributed by atoms with van der Waals surface area (Å²) in [5, 5.41) is 9.10. The Hall–Kier alpha value is -2.86. The molecule has 0 aromatic heterocycles. The summed E-state index contributed by atoms with van der Waals surface area (Å²) >= 11 is 0. The molecule has 92 valence electrons. The van der Waals surface area contributed by atoms with Gasteiger partial charge in [-0.3, -0.25) is 4.79 Å². The van der Waals surface area contributed by atoms with Crippen molar-refractivity contribution in [2.75, 3.05) is 0 Å².